The van der Waals surface area contributed by atoms with Crippen LogP contribution in [-0.2, 0) is 0 Å². The molecule has 1 heterocycles. The van der Waals surface area contributed by atoms with Gasteiger partial charge in [0.15, 0.2) is 0 Å². The number of aromatic nitrogens is 2. The predicted molar refractivity (Wildman–Crippen MR) is 96.1 cm³/mol. The van der Waals surface area contributed by atoms with Crippen LogP contribution in [-0.4, -0.2) is 29.3 Å². The number of aryl methyl sites for hydroxylation is 1. The Morgan fingerprint density at radius 1 is 1.28 bits per heavy atom. The molecule has 1 amide bonds. The monoisotopic (exact) mass is 355 g/mol. The van der Waals surface area contributed by atoms with E-state index in [9.17, 15) is 4.79 Å². The second-order valence-corrected chi connectivity index (χ2v) is 5.79. The molecule has 2 N–H and O–H groups in total. The van der Waals surface area contributed by atoms with Crippen molar-refractivity contribution in [3.8, 4) is 17.2 Å². The molecule has 3 rings (SSSR count). The number of amides is 1. The molecule has 3 aromatic rings. The molecule has 128 valence electrons. The van der Waals surface area contributed by atoms with E-state index in [0.717, 1.165) is 16.9 Å². The fourth-order valence-electron chi connectivity index (χ4n) is 2.26. The van der Waals surface area contributed by atoms with Crippen LogP contribution in [0.25, 0.3) is 11.5 Å². The van der Waals surface area contributed by atoms with Crippen molar-refractivity contribution in [2.45, 2.75) is 6.92 Å². The molecule has 0 aliphatic heterocycles. The van der Waals surface area contributed by atoms with Gasteiger partial charge >= 0.3 is 0 Å². The highest BCUT2D eigenvalue weighted by Crippen LogP contribution is 2.17. The zero-order chi connectivity index (χ0) is 17.6. The Hall–Kier alpha value is -2.93. The smallest absolute Gasteiger partial charge is 0.284 e. The molecule has 0 unspecified atom stereocenters. The lowest BCUT2D eigenvalue weighted by molar-refractivity contribution is 0.0947. The summed E-state index contributed by atoms with van der Waals surface area (Å²) in [4.78, 5) is 12.3. The minimum Gasteiger partial charge on any atom is -0.492 e. The summed E-state index contributed by atoms with van der Waals surface area (Å²) in [6.07, 6.45) is 0. The van der Waals surface area contributed by atoms with E-state index in [1.54, 1.807) is 24.3 Å². The van der Waals surface area contributed by atoms with Crippen molar-refractivity contribution < 1.29 is 13.9 Å². The Morgan fingerprint density at radius 2 is 2.08 bits per heavy atom. The molecule has 0 saturated heterocycles. The van der Waals surface area contributed by atoms with E-state index in [4.69, 9.17) is 21.4 Å². The van der Waals surface area contributed by atoms with Crippen LogP contribution in [0.2, 0.25) is 0 Å². The van der Waals surface area contributed by atoms with E-state index in [1.807, 2.05) is 31.2 Å². The Kier molecular flexibility index (Phi) is 5.25. The van der Waals surface area contributed by atoms with Crippen molar-refractivity contribution in [1.29, 1.82) is 0 Å². The summed E-state index contributed by atoms with van der Waals surface area (Å²) in [7, 11) is 0. The standard InChI is InChI=1S/C18H17N3O3S/c1-12-3-2-4-15(11-12)23-10-9-19-16(22)13-5-7-14(8-6-13)17-20-21-18(25)24-17/h2-8,11H,9-10H2,1H3,(H,19,22)(H,21,25). The maximum Gasteiger partial charge on any atom is 0.284 e. The summed E-state index contributed by atoms with van der Waals surface area (Å²) >= 11 is 4.84. The van der Waals surface area contributed by atoms with Gasteiger partial charge in [-0.1, -0.05) is 12.1 Å². The third-order valence-electron chi connectivity index (χ3n) is 3.48. The summed E-state index contributed by atoms with van der Waals surface area (Å²) in [6, 6.07) is 14.7. The van der Waals surface area contributed by atoms with Gasteiger partial charge in [0.1, 0.15) is 12.4 Å². The number of hydrogen-bond acceptors (Lipinski definition) is 5. The number of nitrogens with one attached hydrogen (secondary N) is 2. The quantitative estimate of drug-likeness (QED) is 0.522. The molecule has 0 spiro atoms. The van der Waals surface area contributed by atoms with E-state index >= 15 is 0 Å². The molecule has 1 aromatic heterocycles. The molecule has 7 heteroatoms. The number of nitrogens with zero attached hydrogens (tertiary/aromatic N) is 1. The van der Waals surface area contributed by atoms with Gasteiger partial charge in [0, 0.05) is 11.1 Å². The first-order valence-corrected chi connectivity index (χ1v) is 8.16. The molecule has 0 atom stereocenters. The van der Waals surface area contributed by atoms with Crippen LogP contribution in [0.3, 0.4) is 0 Å². The van der Waals surface area contributed by atoms with Crippen LogP contribution in [0, 0.1) is 11.8 Å². The van der Waals surface area contributed by atoms with Crippen molar-refractivity contribution in [2.75, 3.05) is 13.2 Å². The first-order chi connectivity index (χ1) is 12.1. The van der Waals surface area contributed by atoms with Gasteiger partial charge in [-0.15, -0.1) is 5.10 Å². The Balaban J connectivity index is 1.50. The highest BCUT2D eigenvalue weighted by atomic mass is 32.1. The molecule has 0 fully saturated rings. The van der Waals surface area contributed by atoms with Crippen molar-refractivity contribution in [2.24, 2.45) is 0 Å². The maximum atomic E-state index is 12.1. The summed E-state index contributed by atoms with van der Waals surface area (Å²) in [5.74, 6) is 1.02. The van der Waals surface area contributed by atoms with Gasteiger partial charge in [-0.05, 0) is 61.1 Å². The highest BCUT2D eigenvalue weighted by molar-refractivity contribution is 7.71. The summed E-state index contributed by atoms with van der Waals surface area (Å²) in [5, 5.41) is 9.33. The molecule has 25 heavy (non-hydrogen) atoms. The third kappa shape index (κ3) is 4.54. The predicted octanol–water partition coefficient (Wildman–Crippen LogP) is 3.52. The molecular weight excluding hydrogens is 338 g/mol. The summed E-state index contributed by atoms with van der Waals surface area (Å²) in [6.45, 7) is 2.83. The van der Waals surface area contributed by atoms with E-state index in [2.05, 4.69) is 15.5 Å². The zero-order valence-electron chi connectivity index (χ0n) is 13.6. The SMILES string of the molecule is Cc1cccc(OCCNC(=O)c2ccc(-c3n[nH]c(=S)o3)cc2)c1. The molecule has 0 bridgehead atoms. The molecule has 0 radical (unpaired) electrons. The number of carbonyl (C=O) groups is 1. The average molecular weight is 355 g/mol. The van der Waals surface area contributed by atoms with Gasteiger partial charge in [-0.2, -0.15) is 0 Å². The van der Waals surface area contributed by atoms with E-state index in [1.165, 1.54) is 0 Å². The number of rotatable bonds is 6. The lowest BCUT2D eigenvalue weighted by atomic mass is 10.1. The second kappa shape index (κ2) is 7.76. The lowest BCUT2D eigenvalue weighted by Crippen LogP contribution is -2.28. The van der Waals surface area contributed by atoms with Crippen LogP contribution in [0.5, 0.6) is 5.75 Å². The molecule has 0 aliphatic carbocycles. The Labute approximate surface area is 149 Å². The normalized spacial score (nSPS) is 10.4. The van der Waals surface area contributed by atoms with Gasteiger partial charge in [0.05, 0.1) is 6.54 Å². The number of H-pyrrole nitrogens is 1. The average Bonchev–Trinajstić information content (AvgIpc) is 3.05. The Bertz CT molecular complexity index is 916. The number of benzene rings is 2. The summed E-state index contributed by atoms with van der Waals surface area (Å²) in [5.41, 5.74) is 2.42. The number of ether oxygens (including phenoxy) is 1. The van der Waals surface area contributed by atoms with Crippen molar-refractivity contribution in [1.82, 2.24) is 15.5 Å². The topological polar surface area (TPSA) is 80.1 Å². The van der Waals surface area contributed by atoms with Crippen LogP contribution in [0.1, 0.15) is 15.9 Å². The van der Waals surface area contributed by atoms with Crippen LogP contribution in [0.15, 0.2) is 52.9 Å². The number of aromatic amines is 1. The number of hydrogen-bond donors (Lipinski definition) is 2. The van der Waals surface area contributed by atoms with Crippen LogP contribution in [0.4, 0.5) is 0 Å². The molecular formula is C18H17N3O3S. The van der Waals surface area contributed by atoms with E-state index in [-0.39, 0.29) is 10.7 Å². The summed E-state index contributed by atoms with van der Waals surface area (Å²) < 4.78 is 10.8. The van der Waals surface area contributed by atoms with Gasteiger partial charge in [0.25, 0.3) is 10.7 Å². The molecule has 2 aromatic carbocycles. The Morgan fingerprint density at radius 3 is 2.76 bits per heavy atom. The van der Waals surface area contributed by atoms with Crippen molar-refractivity contribution in [3.63, 3.8) is 0 Å². The van der Waals surface area contributed by atoms with Gasteiger partial charge in [-0.3, -0.25) is 4.79 Å². The van der Waals surface area contributed by atoms with Gasteiger partial charge < -0.3 is 14.5 Å². The zero-order valence-corrected chi connectivity index (χ0v) is 14.4. The third-order valence-corrected chi connectivity index (χ3v) is 3.65. The van der Waals surface area contributed by atoms with Crippen LogP contribution >= 0.6 is 12.2 Å². The second-order valence-electron chi connectivity index (χ2n) is 5.42. The fourth-order valence-corrected chi connectivity index (χ4v) is 2.38. The first-order valence-electron chi connectivity index (χ1n) is 7.75. The van der Waals surface area contributed by atoms with Crippen molar-refractivity contribution >= 4 is 18.1 Å². The first kappa shape index (κ1) is 16.9. The van der Waals surface area contributed by atoms with Gasteiger partial charge in [0.2, 0.25) is 5.89 Å². The van der Waals surface area contributed by atoms with E-state index in [0.29, 0.717) is 24.6 Å². The lowest BCUT2D eigenvalue weighted by Gasteiger charge is -2.08. The van der Waals surface area contributed by atoms with E-state index < -0.39 is 0 Å². The fraction of sp³-hybridized carbons (Fsp3) is 0.167. The van der Waals surface area contributed by atoms with Crippen LogP contribution < -0.4 is 10.1 Å². The van der Waals surface area contributed by atoms with Gasteiger partial charge in [-0.25, -0.2) is 5.10 Å². The molecule has 0 saturated carbocycles. The minimum absolute atomic E-state index is 0.165. The largest absolute Gasteiger partial charge is 0.492 e. The molecule has 0 aliphatic rings. The molecule has 6 nitrogen and oxygen atoms in total. The highest BCUT2D eigenvalue weighted by Gasteiger charge is 2.08. The number of carbonyl (C=O) groups excluding carboxylic acids is 1. The minimum atomic E-state index is -0.165. The van der Waals surface area contributed by atoms with Crippen molar-refractivity contribution in [3.05, 3.63) is 64.5 Å². The maximum absolute atomic E-state index is 12.1.